The van der Waals surface area contributed by atoms with Crippen molar-refractivity contribution in [1.29, 1.82) is 0 Å². The number of carbonyl (C=O) groups excluding carboxylic acids is 1. The number of benzene rings is 3. The first kappa shape index (κ1) is 22.4. The van der Waals surface area contributed by atoms with Crippen LogP contribution in [0.5, 0.6) is 11.5 Å². The van der Waals surface area contributed by atoms with E-state index in [1.54, 1.807) is 19.2 Å². The lowest BCUT2D eigenvalue weighted by Gasteiger charge is -2.22. The Labute approximate surface area is 202 Å². The van der Waals surface area contributed by atoms with Crippen LogP contribution in [0.25, 0.3) is 11.0 Å². The number of hydrazone groups is 1. The molecule has 1 amide bonds. The number of rotatable bonds is 6. The average molecular weight is 469 g/mol. The average Bonchev–Trinajstić information content (AvgIpc) is 3.33. The van der Waals surface area contributed by atoms with Gasteiger partial charge in [-0.15, -0.1) is 0 Å². The number of aryl methyl sites for hydroxylation is 1. The molecule has 176 valence electrons. The predicted octanol–water partition coefficient (Wildman–Crippen LogP) is 4.87. The van der Waals surface area contributed by atoms with Gasteiger partial charge in [-0.1, -0.05) is 42.5 Å². The third-order valence-corrected chi connectivity index (χ3v) is 6.06. The van der Waals surface area contributed by atoms with E-state index in [-0.39, 0.29) is 18.6 Å². The van der Waals surface area contributed by atoms with Gasteiger partial charge in [0.1, 0.15) is 17.1 Å². The molecule has 7 heteroatoms. The highest BCUT2D eigenvalue weighted by Crippen LogP contribution is 2.34. The standard InChI is InChI=1S/C28H24N2O5/c1-18-14-28(32)35-26-15-22(12-13-23(18)26)34-17-27(31)30-25(20-8-10-21(33-2)11-9-20)16-24(29-30)19-6-4-3-5-7-19/h3-15,25H,16-17H2,1-2H3. The summed E-state index contributed by atoms with van der Waals surface area (Å²) in [5.41, 5.74) is 3.58. The maximum atomic E-state index is 13.3. The minimum atomic E-state index is -0.426. The van der Waals surface area contributed by atoms with Gasteiger partial charge in [0.15, 0.2) is 6.61 Å². The third kappa shape index (κ3) is 4.66. The van der Waals surface area contributed by atoms with Gasteiger partial charge in [-0.25, -0.2) is 9.80 Å². The summed E-state index contributed by atoms with van der Waals surface area (Å²) in [7, 11) is 1.62. The quantitative estimate of drug-likeness (QED) is 0.377. The van der Waals surface area contributed by atoms with Gasteiger partial charge in [0.05, 0.1) is 18.9 Å². The van der Waals surface area contributed by atoms with Crippen molar-refractivity contribution >= 4 is 22.6 Å². The van der Waals surface area contributed by atoms with Gasteiger partial charge in [-0.3, -0.25) is 4.79 Å². The molecule has 7 nitrogen and oxygen atoms in total. The van der Waals surface area contributed by atoms with E-state index in [9.17, 15) is 9.59 Å². The lowest BCUT2D eigenvalue weighted by molar-refractivity contribution is -0.135. The molecule has 1 aliphatic heterocycles. The van der Waals surface area contributed by atoms with E-state index in [0.717, 1.165) is 33.5 Å². The Morgan fingerprint density at radius 1 is 1.03 bits per heavy atom. The topological polar surface area (TPSA) is 81.3 Å². The van der Waals surface area contributed by atoms with Crippen LogP contribution in [0.4, 0.5) is 0 Å². The zero-order chi connectivity index (χ0) is 24.4. The third-order valence-electron chi connectivity index (χ3n) is 6.06. The van der Waals surface area contributed by atoms with Crippen LogP contribution in [0, 0.1) is 6.92 Å². The first-order chi connectivity index (χ1) is 17.0. The van der Waals surface area contributed by atoms with E-state index in [0.29, 0.717) is 17.8 Å². The molecule has 0 saturated heterocycles. The Bertz CT molecular complexity index is 1460. The van der Waals surface area contributed by atoms with E-state index >= 15 is 0 Å². The molecule has 0 spiro atoms. The van der Waals surface area contributed by atoms with Crippen LogP contribution in [-0.2, 0) is 4.79 Å². The maximum Gasteiger partial charge on any atom is 0.336 e. The van der Waals surface area contributed by atoms with Gasteiger partial charge in [-0.2, -0.15) is 5.10 Å². The SMILES string of the molecule is COc1ccc(C2CC(c3ccccc3)=NN2C(=O)COc2ccc3c(C)cc(=O)oc3c2)cc1. The molecule has 1 unspecified atom stereocenters. The van der Waals surface area contributed by atoms with Crippen LogP contribution < -0.4 is 15.1 Å². The van der Waals surface area contributed by atoms with Crippen LogP contribution in [0.3, 0.4) is 0 Å². The number of nitrogens with zero attached hydrogens (tertiary/aromatic N) is 2. The molecular weight excluding hydrogens is 444 g/mol. The Balaban J connectivity index is 1.39. The molecule has 35 heavy (non-hydrogen) atoms. The molecule has 0 bridgehead atoms. The van der Waals surface area contributed by atoms with Crippen LogP contribution in [0.15, 0.2) is 93.2 Å². The van der Waals surface area contributed by atoms with Gasteiger partial charge < -0.3 is 13.9 Å². The van der Waals surface area contributed by atoms with Crippen LogP contribution in [-0.4, -0.2) is 30.3 Å². The minimum absolute atomic E-state index is 0.209. The smallest absolute Gasteiger partial charge is 0.336 e. The molecule has 0 radical (unpaired) electrons. The number of hydrogen-bond acceptors (Lipinski definition) is 6. The monoisotopic (exact) mass is 468 g/mol. The maximum absolute atomic E-state index is 13.3. The summed E-state index contributed by atoms with van der Waals surface area (Å²) in [5.74, 6) is 0.907. The molecule has 0 fully saturated rings. The van der Waals surface area contributed by atoms with E-state index in [4.69, 9.17) is 13.9 Å². The lowest BCUT2D eigenvalue weighted by atomic mass is 9.98. The highest BCUT2D eigenvalue weighted by atomic mass is 16.5. The zero-order valence-electron chi connectivity index (χ0n) is 19.4. The molecule has 0 N–H and O–H groups in total. The Hall–Kier alpha value is -4.39. The fourth-order valence-electron chi connectivity index (χ4n) is 4.24. The molecule has 1 aliphatic rings. The van der Waals surface area contributed by atoms with Crippen molar-refractivity contribution in [2.24, 2.45) is 5.10 Å². The number of amides is 1. The number of methoxy groups -OCH3 is 1. The zero-order valence-corrected chi connectivity index (χ0v) is 19.4. The predicted molar refractivity (Wildman–Crippen MR) is 133 cm³/mol. The molecule has 5 rings (SSSR count). The van der Waals surface area contributed by atoms with Gasteiger partial charge in [0.2, 0.25) is 0 Å². The largest absolute Gasteiger partial charge is 0.497 e. The van der Waals surface area contributed by atoms with Crippen LogP contribution >= 0.6 is 0 Å². The van der Waals surface area contributed by atoms with E-state index in [1.165, 1.54) is 11.1 Å². The molecule has 1 aromatic heterocycles. The van der Waals surface area contributed by atoms with Crippen molar-refractivity contribution in [2.45, 2.75) is 19.4 Å². The number of carbonyl (C=O) groups is 1. The van der Waals surface area contributed by atoms with E-state index in [1.807, 2.05) is 67.6 Å². The van der Waals surface area contributed by atoms with Gasteiger partial charge in [0.25, 0.3) is 5.91 Å². The molecule has 3 aromatic carbocycles. The molecule has 2 heterocycles. The Morgan fingerprint density at radius 2 is 1.77 bits per heavy atom. The summed E-state index contributed by atoms with van der Waals surface area (Å²) in [6.07, 6.45) is 0.586. The van der Waals surface area contributed by atoms with Crippen LogP contribution in [0.2, 0.25) is 0 Å². The molecule has 0 aliphatic carbocycles. The van der Waals surface area contributed by atoms with Crippen molar-refractivity contribution in [3.05, 3.63) is 106 Å². The number of hydrogen-bond donors (Lipinski definition) is 0. The van der Waals surface area contributed by atoms with Gasteiger partial charge >= 0.3 is 5.63 Å². The van der Waals surface area contributed by atoms with Crippen molar-refractivity contribution < 1.29 is 18.7 Å². The van der Waals surface area contributed by atoms with Gasteiger partial charge in [0, 0.05) is 23.9 Å². The highest BCUT2D eigenvalue weighted by Gasteiger charge is 2.33. The number of ether oxygens (including phenoxy) is 2. The second-order valence-corrected chi connectivity index (χ2v) is 8.34. The first-order valence-corrected chi connectivity index (χ1v) is 11.3. The van der Waals surface area contributed by atoms with Crippen molar-refractivity contribution in [3.63, 3.8) is 0 Å². The van der Waals surface area contributed by atoms with Crippen molar-refractivity contribution in [1.82, 2.24) is 5.01 Å². The Kier molecular flexibility index (Phi) is 6.06. The summed E-state index contributed by atoms with van der Waals surface area (Å²) in [4.78, 5) is 25.0. The summed E-state index contributed by atoms with van der Waals surface area (Å²) in [6, 6.07) is 23.8. The highest BCUT2D eigenvalue weighted by molar-refractivity contribution is 6.03. The second kappa shape index (κ2) is 9.46. The first-order valence-electron chi connectivity index (χ1n) is 11.3. The van der Waals surface area contributed by atoms with Crippen molar-refractivity contribution in [2.75, 3.05) is 13.7 Å². The summed E-state index contributed by atoms with van der Waals surface area (Å²) < 4.78 is 16.3. The summed E-state index contributed by atoms with van der Waals surface area (Å²) in [6.45, 7) is 1.64. The molecule has 4 aromatic rings. The Morgan fingerprint density at radius 3 is 2.51 bits per heavy atom. The summed E-state index contributed by atoms with van der Waals surface area (Å²) in [5, 5.41) is 6.99. The normalized spacial score (nSPS) is 15.2. The molecule has 1 atom stereocenters. The fourth-order valence-corrected chi connectivity index (χ4v) is 4.24. The molecular formula is C28H24N2O5. The minimum Gasteiger partial charge on any atom is -0.497 e. The summed E-state index contributed by atoms with van der Waals surface area (Å²) >= 11 is 0. The van der Waals surface area contributed by atoms with E-state index in [2.05, 4.69) is 5.10 Å². The van der Waals surface area contributed by atoms with E-state index < -0.39 is 5.63 Å². The van der Waals surface area contributed by atoms with Crippen molar-refractivity contribution in [3.8, 4) is 11.5 Å². The number of fused-ring (bicyclic) bond motifs is 1. The molecule has 0 saturated carbocycles. The lowest BCUT2D eigenvalue weighted by Crippen LogP contribution is -2.31. The fraction of sp³-hybridized carbons (Fsp3) is 0.179. The second-order valence-electron chi connectivity index (χ2n) is 8.34. The van der Waals surface area contributed by atoms with Gasteiger partial charge in [-0.05, 0) is 47.9 Å². The van der Waals surface area contributed by atoms with Crippen LogP contribution in [0.1, 0.15) is 29.2 Å².